The minimum Gasteiger partial charge on any atom is -0.491 e. The maximum atomic E-state index is 11.9. The largest absolute Gasteiger partial charge is 0.491 e. The first-order chi connectivity index (χ1) is 10.3. The first kappa shape index (κ1) is 25.0. The lowest BCUT2D eigenvalue weighted by molar-refractivity contribution is -0.123. The van der Waals surface area contributed by atoms with Gasteiger partial charge in [0.2, 0.25) is 5.91 Å². The number of halogens is 1. The number of para-hydroxylation sites is 1. The minimum absolute atomic E-state index is 0. The Labute approximate surface area is 157 Å². The van der Waals surface area contributed by atoms with Crippen LogP contribution < -0.4 is 15.8 Å². The number of nitrogens with two attached hydrogens (primary N) is 1. The molecule has 1 aromatic carbocycles. The summed E-state index contributed by atoms with van der Waals surface area (Å²) in [7, 11) is 0. The highest BCUT2D eigenvalue weighted by molar-refractivity contribution is 7.59. The van der Waals surface area contributed by atoms with E-state index in [9.17, 15) is 9.59 Å². The van der Waals surface area contributed by atoms with E-state index in [4.69, 9.17) is 10.5 Å². The van der Waals surface area contributed by atoms with Gasteiger partial charge in [0.15, 0.2) is 0 Å². The smallest absolute Gasteiger partial charge is 0.237 e. The predicted molar refractivity (Wildman–Crippen MR) is 105 cm³/mol. The van der Waals surface area contributed by atoms with E-state index in [-0.39, 0.29) is 43.6 Å². The molecule has 2 atom stereocenters. The van der Waals surface area contributed by atoms with Gasteiger partial charge in [-0.25, -0.2) is 0 Å². The number of hydrogen-bond donors (Lipinski definition) is 2. The van der Waals surface area contributed by atoms with Gasteiger partial charge in [-0.05, 0) is 45.2 Å². The van der Waals surface area contributed by atoms with Crippen LogP contribution in [0.1, 0.15) is 37.8 Å². The third kappa shape index (κ3) is 8.57. The molecule has 1 aromatic rings. The summed E-state index contributed by atoms with van der Waals surface area (Å²) in [5.41, 5.74) is 7.90. The van der Waals surface area contributed by atoms with Crippen LogP contribution in [0.3, 0.4) is 0 Å². The van der Waals surface area contributed by atoms with E-state index in [1.54, 1.807) is 0 Å². The number of carbonyl (C=O) groups excluding carboxylic acids is 2. The number of benzene rings is 1. The Bertz CT molecular complexity index is 520. The normalized spacial score (nSPS) is 12.2. The Morgan fingerprint density at radius 1 is 1.25 bits per heavy atom. The van der Waals surface area contributed by atoms with Crippen LogP contribution in [0.15, 0.2) is 18.2 Å². The van der Waals surface area contributed by atoms with Crippen LogP contribution >= 0.6 is 25.9 Å². The standard InChI is InChI=1S/C17H26N2O3.ClH.H2S/c1-11-6-5-7-12(2)16(11)22-10-13(3)19-17(21)15(18)9-8-14(4)20;;/h5-7,13,15H,8-10,18H2,1-4H3,(H,19,21);1H;1H2/t13?,15-;;/m0../s1. The number of ketones is 1. The maximum Gasteiger partial charge on any atom is 0.237 e. The second kappa shape index (κ2) is 12.2. The third-order valence-corrected chi connectivity index (χ3v) is 3.42. The highest BCUT2D eigenvalue weighted by Crippen LogP contribution is 2.22. The molecule has 0 spiro atoms. The number of Topliss-reactive ketones (excluding diaryl/α,β-unsaturated/α-hetero) is 1. The molecule has 0 saturated heterocycles. The zero-order chi connectivity index (χ0) is 16.7. The predicted octanol–water partition coefficient (Wildman–Crippen LogP) is 2.42. The molecule has 0 fully saturated rings. The zero-order valence-corrected chi connectivity index (χ0v) is 16.5. The summed E-state index contributed by atoms with van der Waals surface area (Å²) in [5.74, 6) is 0.637. The van der Waals surface area contributed by atoms with Crippen LogP contribution in [0.2, 0.25) is 0 Å². The molecule has 0 saturated carbocycles. The van der Waals surface area contributed by atoms with Gasteiger partial charge in [0.25, 0.3) is 0 Å². The van der Waals surface area contributed by atoms with Crippen LogP contribution in [0.25, 0.3) is 0 Å². The van der Waals surface area contributed by atoms with E-state index in [0.717, 1.165) is 16.9 Å². The number of amides is 1. The van der Waals surface area contributed by atoms with Crippen molar-refractivity contribution in [2.45, 2.75) is 52.6 Å². The SMILES string of the molecule is CC(=O)CC[C@H](N)C(=O)NC(C)COc1c(C)cccc1C.Cl.S. The molecule has 1 rings (SSSR count). The van der Waals surface area contributed by atoms with Gasteiger partial charge < -0.3 is 20.6 Å². The van der Waals surface area contributed by atoms with Crippen LogP contribution in [0.4, 0.5) is 0 Å². The van der Waals surface area contributed by atoms with Gasteiger partial charge in [0.1, 0.15) is 18.1 Å². The van der Waals surface area contributed by atoms with Crippen molar-refractivity contribution in [3.8, 4) is 5.75 Å². The monoisotopic (exact) mass is 376 g/mol. The topological polar surface area (TPSA) is 81.4 Å². The van der Waals surface area contributed by atoms with Gasteiger partial charge in [0.05, 0.1) is 12.1 Å². The lowest BCUT2D eigenvalue weighted by atomic mass is 10.1. The van der Waals surface area contributed by atoms with E-state index in [0.29, 0.717) is 19.4 Å². The molecule has 24 heavy (non-hydrogen) atoms. The Morgan fingerprint density at radius 2 is 1.79 bits per heavy atom. The maximum absolute atomic E-state index is 11.9. The molecular formula is C17H29ClN2O3S. The van der Waals surface area contributed by atoms with Crippen molar-refractivity contribution in [1.82, 2.24) is 5.32 Å². The molecule has 1 amide bonds. The molecular weight excluding hydrogens is 348 g/mol. The fourth-order valence-electron chi connectivity index (χ4n) is 2.12. The molecule has 0 aliphatic heterocycles. The van der Waals surface area contributed by atoms with E-state index < -0.39 is 6.04 Å². The number of aryl methyl sites for hydroxylation is 2. The number of carbonyl (C=O) groups is 2. The molecule has 0 aliphatic rings. The van der Waals surface area contributed by atoms with E-state index in [1.807, 2.05) is 39.0 Å². The summed E-state index contributed by atoms with van der Waals surface area (Å²) in [6, 6.07) is 5.14. The van der Waals surface area contributed by atoms with E-state index in [2.05, 4.69) is 5.32 Å². The van der Waals surface area contributed by atoms with Gasteiger partial charge in [-0.1, -0.05) is 18.2 Å². The summed E-state index contributed by atoms with van der Waals surface area (Å²) in [6.07, 6.45) is 0.688. The summed E-state index contributed by atoms with van der Waals surface area (Å²) in [5, 5.41) is 2.81. The van der Waals surface area contributed by atoms with Crippen LogP contribution in [-0.2, 0) is 9.59 Å². The lowest BCUT2D eigenvalue weighted by Crippen LogP contribution is -2.46. The number of rotatable bonds is 8. The van der Waals surface area contributed by atoms with Crippen molar-refractivity contribution < 1.29 is 14.3 Å². The van der Waals surface area contributed by atoms with Gasteiger partial charge >= 0.3 is 0 Å². The molecule has 7 heteroatoms. The van der Waals surface area contributed by atoms with Crippen molar-refractivity contribution >= 4 is 37.6 Å². The summed E-state index contributed by atoms with van der Waals surface area (Å²) in [4.78, 5) is 22.8. The lowest BCUT2D eigenvalue weighted by Gasteiger charge is -2.19. The fraction of sp³-hybridized carbons (Fsp3) is 0.529. The molecule has 0 radical (unpaired) electrons. The van der Waals surface area contributed by atoms with Crippen LogP contribution in [0, 0.1) is 13.8 Å². The van der Waals surface area contributed by atoms with E-state index in [1.165, 1.54) is 6.92 Å². The Morgan fingerprint density at radius 3 is 2.29 bits per heavy atom. The molecule has 0 aliphatic carbocycles. The average Bonchev–Trinajstić information content (AvgIpc) is 2.44. The second-order valence-electron chi connectivity index (χ2n) is 5.79. The molecule has 138 valence electrons. The first-order valence-electron chi connectivity index (χ1n) is 7.55. The second-order valence-corrected chi connectivity index (χ2v) is 5.79. The Balaban J connectivity index is 0. The van der Waals surface area contributed by atoms with Gasteiger partial charge in [-0.15, -0.1) is 12.4 Å². The van der Waals surface area contributed by atoms with Crippen molar-refractivity contribution in [3.05, 3.63) is 29.3 Å². The third-order valence-electron chi connectivity index (χ3n) is 3.42. The zero-order valence-electron chi connectivity index (χ0n) is 14.7. The number of hydrogen-bond acceptors (Lipinski definition) is 4. The minimum atomic E-state index is -0.661. The van der Waals surface area contributed by atoms with Crippen molar-refractivity contribution in [2.24, 2.45) is 5.73 Å². The van der Waals surface area contributed by atoms with Crippen molar-refractivity contribution in [2.75, 3.05) is 6.61 Å². The van der Waals surface area contributed by atoms with Crippen LogP contribution in [0.5, 0.6) is 5.75 Å². The Kier molecular flexibility index (Phi) is 12.7. The molecule has 0 heterocycles. The van der Waals surface area contributed by atoms with Crippen molar-refractivity contribution in [3.63, 3.8) is 0 Å². The summed E-state index contributed by atoms with van der Waals surface area (Å²) in [6.45, 7) is 7.71. The summed E-state index contributed by atoms with van der Waals surface area (Å²) < 4.78 is 5.80. The van der Waals surface area contributed by atoms with Gasteiger partial charge in [-0.2, -0.15) is 13.5 Å². The quantitative estimate of drug-likeness (QED) is 0.730. The van der Waals surface area contributed by atoms with E-state index >= 15 is 0 Å². The Hall–Kier alpha value is -1.24. The highest BCUT2D eigenvalue weighted by Gasteiger charge is 2.17. The first-order valence-corrected chi connectivity index (χ1v) is 7.55. The van der Waals surface area contributed by atoms with Crippen LogP contribution in [-0.4, -0.2) is 30.4 Å². The number of ether oxygens (including phenoxy) is 1. The molecule has 5 nitrogen and oxygen atoms in total. The van der Waals surface area contributed by atoms with Gasteiger partial charge in [-0.3, -0.25) is 4.79 Å². The molecule has 0 bridgehead atoms. The number of nitrogens with one attached hydrogen (secondary N) is 1. The summed E-state index contributed by atoms with van der Waals surface area (Å²) >= 11 is 0. The molecule has 3 N–H and O–H groups in total. The van der Waals surface area contributed by atoms with Crippen molar-refractivity contribution in [1.29, 1.82) is 0 Å². The molecule has 1 unspecified atom stereocenters. The highest BCUT2D eigenvalue weighted by atomic mass is 35.5. The van der Waals surface area contributed by atoms with Gasteiger partial charge in [0, 0.05) is 6.42 Å². The fourth-order valence-corrected chi connectivity index (χ4v) is 2.12. The molecule has 0 aromatic heterocycles. The average molecular weight is 377 g/mol.